The molecule has 3 heteroatoms. The first-order chi connectivity index (χ1) is 7.77. The summed E-state index contributed by atoms with van der Waals surface area (Å²) >= 11 is 0. The van der Waals surface area contributed by atoms with E-state index < -0.39 is 5.92 Å². The first kappa shape index (κ1) is 10.4. The molecule has 1 aromatic rings. The average molecular weight is 210 g/mol. The second-order valence-electron chi connectivity index (χ2n) is 3.95. The fourth-order valence-corrected chi connectivity index (χ4v) is 1.95. The van der Waals surface area contributed by atoms with Gasteiger partial charge in [-0.3, -0.25) is 4.79 Å². The van der Waals surface area contributed by atoms with Crippen LogP contribution in [0, 0.1) is 34.5 Å². The molecule has 0 radical (unpaired) electrons. The Morgan fingerprint density at radius 3 is 2.44 bits per heavy atom. The summed E-state index contributed by atoms with van der Waals surface area (Å²) in [5.74, 6) is -1.25. The fraction of sp³-hybridized carbons (Fsp3) is 0.308. The number of carbonyl (C=O) groups is 1. The number of carbonyl (C=O) groups excluding carboxylic acids is 1. The summed E-state index contributed by atoms with van der Waals surface area (Å²) in [5, 5.41) is 17.3. The fourth-order valence-electron chi connectivity index (χ4n) is 1.95. The summed E-state index contributed by atoms with van der Waals surface area (Å²) in [6.07, 6.45) is 0.767. The normalized spacial score (nSPS) is 22.2. The van der Waals surface area contributed by atoms with Gasteiger partial charge >= 0.3 is 0 Å². The second-order valence-corrected chi connectivity index (χ2v) is 3.95. The van der Waals surface area contributed by atoms with Crippen LogP contribution in [0.4, 0.5) is 0 Å². The summed E-state index contributed by atoms with van der Waals surface area (Å²) in [5.41, 5.74) is 1.12. The van der Waals surface area contributed by atoms with Crippen molar-refractivity contribution >= 4 is 5.78 Å². The van der Waals surface area contributed by atoms with Crippen molar-refractivity contribution in [1.82, 2.24) is 0 Å². The van der Waals surface area contributed by atoms with Gasteiger partial charge in [-0.1, -0.05) is 30.3 Å². The lowest BCUT2D eigenvalue weighted by atomic mass is 10.0. The van der Waals surface area contributed by atoms with Crippen LogP contribution in [-0.2, 0) is 4.79 Å². The molecular weight excluding hydrogens is 200 g/mol. The van der Waals surface area contributed by atoms with Gasteiger partial charge in [0, 0.05) is 5.92 Å². The number of Topliss-reactive ketones (excluding diaryl/α,β-unsaturated/α-hetero) is 1. The Hall–Kier alpha value is -2.13. The molecule has 2 atom stereocenters. The molecule has 0 amide bonds. The Morgan fingerprint density at radius 1 is 1.25 bits per heavy atom. The number of hydrogen-bond donors (Lipinski definition) is 0. The smallest absolute Gasteiger partial charge is 0.191 e. The van der Waals surface area contributed by atoms with E-state index in [1.54, 1.807) is 12.1 Å². The molecule has 1 aliphatic carbocycles. The molecule has 0 spiro atoms. The van der Waals surface area contributed by atoms with Gasteiger partial charge in [0.15, 0.2) is 11.7 Å². The van der Waals surface area contributed by atoms with Crippen molar-refractivity contribution in [3.63, 3.8) is 0 Å². The molecule has 0 heterocycles. The monoisotopic (exact) mass is 210 g/mol. The molecule has 78 valence electrons. The lowest BCUT2D eigenvalue weighted by Crippen LogP contribution is -2.13. The minimum absolute atomic E-state index is 0.133. The van der Waals surface area contributed by atoms with Crippen molar-refractivity contribution < 1.29 is 4.79 Å². The van der Waals surface area contributed by atoms with E-state index in [4.69, 9.17) is 10.5 Å². The molecule has 2 unspecified atom stereocenters. The third kappa shape index (κ3) is 1.81. The van der Waals surface area contributed by atoms with E-state index in [9.17, 15) is 4.79 Å². The van der Waals surface area contributed by atoms with Gasteiger partial charge in [-0.05, 0) is 17.9 Å². The van der Waals surface area contributed by atoms with Gasteiger partial charge in [0.05, 0.1) is 12.1 Å². The van der Waals surface area contributed by atoms with Crippen LogP contribution in [0.1, 0.15) is 17.9 Å². The van der Waals surface area contributed by atoms with Crippen LogP contribution < -0.4 is 0 Å². The topological polar surface area (TPSA) is 64.7 Å². The molecule has 0 saturated heterocycles. The summed E-state index contributed by atoms with van der Waals surface area (Å²) in [4.78, 5) is 11.7. The molecule has 0 bridgehead atoms. The third-order valence-electron chi connectivity index (χ3n) is 2.93. The Labute approximate surface area is 93.9 Å². The zero-order valence-corrected chi connectivity index (χ0v) is 8.63. The Kier molecular flexibility index (Phi) is 2.70. The number of nitriles is 2. The van der Waals surface area contributed by atoms with Gasteiger partial charge in [-0.2, -0.15) is 10.5 Å². The van der Waals surface area contributed by atoms with Gasteiger partial charge in [0.2, 0.25) is 0 Å². The summed E-state index contributed by atoms with van der Waals surface area (Å²) in [6, 6.07) is 13.2. The van der Waals surface area contributed by atoms with Crippen LogP contribution >= 0.6 is 0 Å². The lowest BCUT2D eigenvalue weighted by Gasteiger charge is -1.99. The Morgan fingerprint density at radius 2 is 1.88 bits per heavy atom. The Bertz CT molecular complexity index is 467. The SMILES string of the molecule is N#CC(C#N)C(=O)C1CC1c1ccccc1. The molecular formula is C13H10N2O. The molecule has 2 rings (SSSR count). The Balaban J connectivity index is 2.06. The second kappa shape index (κ2) is 4.16. The number of rotatable bonds is 3. The number of ketones is 1. The van der Waals surface area contributed by atoms with Crippen LogP contribution in [0.15, 0.2) is 30.3 Å². The highest BCUT2D eigenvalue weighted by Crippen LogP contribution is 2.48. The van der Waals surface area contributed by atoms with Crippen molar-refractivity contribution in [3.05, 3.63) is 35.9 Å². The highest BCUT2D eigenvalue weighted by molar-refractivity contribution is 5.91. The zero-order valence-electron chi connectivity index (χ0n) is 8.63. The van der Waals surface area contributed by atoms with Crippen LogP contribution in [0.2, 0.25) is 0 Å². The van der Waals surface area contributed by atoms with Crippen molar-refractivity contribution in [2.24, 2.45) is 11.8 Å². The van der Waals surface area contributed by atoms with Crippen molar-refractivity contribution in [1.29, 1.82) is 10.5 Å². The molecule has 16 heavy (non-hydrogen) atoms. The molecule has 1 fully saturated rings. The van der Waals surface area contributed by atoms with Crippen LogP contribution in [0.3, 0.4) is 0 Å². The minimum atomic E-state index is -1.10. The van der Waals surface area contributed by atoms with E-state index >= 15 is 0 Å². The molecule has 0 aromatic heterocycles. The summed E-state index contributed by atoms with van der Waals surface area (Å²) in [6.45, 7) is 0. The maximum atomic E-state index is 11.7. The first-order valence-electron chi connectivity index (χ1n) is 5.16. The highest BCUT2D eigenvalue weighted by Gasteiger charge is 2.46. The third-order valence-corrected chi connectivity index (χ3v) is 2.93. The summed E-state index contributed by atoms with van der Waals surface area (Å²) < 4.78 is 0. The lowest BCUT2D eigenvalue weighted by molar-refractivity contribution is -0.121. The predicted octanol–water partition coefficient (Wildman–Crippen LogP) is 2.02. The number of nitrogens with zero attached hydrogens (tertiary/aromatic N) is 2. The van der Waals surface area contributed by atoms with Crippen LogP contribution in [0.5, 0.6) is 0 Å². The molecule has 1 saturated carbocycles. The largest absolute Gasteiger partial charge is 0.297 e. The van der Waals surface area contributed by atoms with Crippen LogP contribution in [0.25, 0.3) is 0 Å². The molecule has 0 aliphatic heterocycles. The minimum Gasteiger partial charge on any atom is -0.297 e. The van der Waals surface area contributed by atoms with Gasteiger partial charge in [-0.15, -0.1) is 0 Å². The van der Waals surface area contributed by atoms with Gasteiger partial charge < -0.3 is 0 Å². The van der Waals surface area contributed by atoms with E-state index in [1.165, 1.54) is 0 Å². The van der Waals surface area contributed by atoms with Gasteiger partial charge in [0.1, 0.15) is 0 Å². The summed E-state index contributed by atoms with van der Waals surface area (Å²) in [7, 11) is 0. The van der Waals surface area contributed by atoms with E-state index in [-0.39, 0.29) is 17.6 Å². The van der Waals surface area contributed by atoms with Crippen LogP contribution in [-0.4, -0.2) is 5.78 Å². The van der Waals surface area contributed by atoms with E-state index in [0.717, 1.165) is 12.0 Å². The van der Waals surface area contributed by atoms with E-state index in [2.05, 4.69) is 0 Å². The standard InChI is InChI=1S/C13H10N2O/c14-7-10(8-15)13(16)12-6-11(12)9-4-2-1-3-5-9/h1-5,10-12H,6H2. The maximum absolute atomic E-state index is 11.7. The number of hydrogen-bond acceptors (Lipinski definition) is 3. The van der Waals surface area contributed by atoms with E-state index in [0.29, 0.717) is 0 Å². The zero-order chi connectivity index (χ0) is 11.5. The van der Waals surface area contributed by atoms with E-state index in [1.807, 2.05) is 30.3 Å². The molecule has 1 aromatic carbocycles. The quantitative estimate of drug-likeness (QED) is 0.766. The molecule has 1 aliphatic rings. The number of benzene rings is 1. The van der Waals surface area contributed by atoms with Crippen molar-refractivity contribution in [3.8, 4) is 12.1 Å². The maximum Gasteiger partial charge on any atom is 0.191 e. The van der Waals surface area contributed by atoms with Crippen molar-refractivity contribution in [2.75, 3.05) is 0 Å². The van der Waals surface area contributed by atoms with Gasteiger partial charge in [0.25, 0.3) is 0 Å². The first-order valence-corrected chi connectivity index (χ1v) is 5.16. The van der Waals surface area contributed by atoms with Crippen molar-refractivity contribution in [2.45, 2.75) is 12.3 Å². The van der Waals surface area contributed by atoms with Gasteiger partial charge in [-0.25, -0.2) is 0 Å². The predicted molar refractivity (Wildman–Crippen MR) is 57.0 cm³/mol. The molecule has 0 N–H and O–H groups in total. The highest BCUT2D eigenvalue weighted by atomic mass is 16.1. The molecule has 3 nitrogen and oxygen atoms in total. The average Bonchev–Trinajstić information content (AvgIpc) is 3.11.